The van der Waals surface area contributed by atoms with Gasteiger partial charge < -0.3 is 10.2 Å². The zero-order valence-electron chi connectivity index (χ0n) is 15.7. The molecule has 0 aliphatic heterocycles. The Morgan fingerprint density at radius 3 is 2.65 bits per heavy atom. The van der Waals surface area contributed by atoms with Gasteiger partial charge in [-0.05, 0) is 19.3 Å². The largest absolute Gasteiger partial charge is 0.332 e. The van der Waals surface area contributed by atoms with E-state index >= 15 is 0 Å². The quantitative estimate of drug-likeness (QED) is 0.666. The molecule has 1 fully saturated rings. The van der Waals surface area contributed by atoms with E-state index in [0.717, 1.165) is 29.6 Å². The second-order valence-corrected chi connectivity index (χ2v) is 8.97. The minimum absolute atomic E-state index is 0. The maximum Gasteiger partial charge on any atom is 0.317 e. The van der Waals surface area contributed by atoms with Crippen molar-refractivity contribution in [1.82, 2.24) is 15.2 Å². The van der Waals surface area contributed by atoms with Crippen LogP contribution in [0.1, 0.15) is 56.2 Å². The fraction of sp³-hybridized carbons (Fsp3) is 0.722. The molecule has 0 aromatic carbocycles. The molecule has 2 amide bonds. The van der Waals surface area contributed by atoms with Gasteiger partial charge in [-0.15, -0.1) is 23.7 Å². The van der Waals surface area contributed by atoms with E-state index in [2.05, 4.69) is 10.3 Å². The third kappa shape index (κ3) is 8.73. The lowest BCUT2D eigenvalue weighted by Crippen LogP contribution is -2.42. The Bertz CT molecular complexity index is 562. The first-order valence-corrected chi connectivity index (χ1v) is 11.0. The molecule has 1 aromatic heterocycles. The number of carbonyl (C=O) groups is 2. The molecule has 26 heavy (non-hydrogen) atoms. The van der Waals surface area contributed by atoms with Crippen LogP contribution in [0.25, 0.3) is 0 Å². The maximum atomic E-state index is 12.6. The Morgan fingerprint density at radius 1 is 1.31 bits per heavy atom. The van der Waals surface area contributed by atoms with E-state index in [1.54, 1.807) is 18.3 Å². The summed E-state index contributed by atoms with van der Waals surface area (Å²) in [5.74, 6) is 1.40. The lowest BCUT2D eigenvalue weighted by Gasteiger charge is -2.27. The number of nitrogens with zero attached hydrogens (tertiary/aromatic N) is 2. The Morgan fingerprint density at radius 2 is 2.04 bits per heavy atom. The van der Waals surface area contributed by atoms with Gasteiger partial charge in [0.1, 0.15) is 0 Å². The smallest absolute Gasteiger partial charge is 0.317 e. The van der Waals surface area contributed by atoms with Crippen LogP contribution in [-0.2, 0) is 11.3 Å². The lowest BCUT2D eigenvalue weighted by molar-refractivity contribution is -0.109. The van der Waals surface area contributed by atoms with Gasteiger partial charge in [0, 0.05) is 31.1 Å². The molecular formula is C18H30ClN3O2S2. The molecule has 0 atom stereocenters. The van der Waals surface area contributed by atoms with Crippen molar-refractivity contribution in [2.24, 2.45) is 5.92 Å². The summed E-state index contributed by atoms with van der Waals surface area (Å²) in [6, 6.07) is -0.0504. The van der Waals surface area contributed by atoms with Crippen molar-refractivity contribution in [2.75, 3.05) is 18.8 Å². The van der Waals surface area contributed by atoms with Crippen molar-refractivity contribution in [3.8, 4) is 0 Å². The van der Waals surface area contributed by atoms with Crippen LogP contribution in [0.5, 0.6) is 0 Å². The van der Waals surface area contributed by atoms with Gasteiger partial charge in [-0.1, -0.05) is 43.9 Å². The fourth-order valence-corrected chi connectivity index (χ4v) is 4.41. The van der Waals surface area contributed by atoms with Crippen LogP contribution >= 0.6 is 35.5 Å². The van der Waals surface area contributed by atoms with Gasteiger partial charge in [0.25, 0.3) is 0 Å². The molecule has 5 nitrogen and oxygen atoms in total. The van der Waals surface area contributed by atoms with Crippen LogP contribution in [0.2, 0.25) is 0 Å². The van der Waals surface area contributed by atoms with E-state index in [4.69, 9.17) is 0 Å². The Labute approximate surface area is 171 Å². The first-order valence-electron chi connectivity index (χ1n) is 9.11. The van der Waals surface area contributed by atoms with Crippen molar-refractivity contribution in [3.63, 3.8) is 0 Å². The molecule has 8 heteroatoms. The summed E-state index contributed by atoms with van der Waals surface area (Å²) in [7, 11) is 0. The number of halogens is 1. The number of thiazole rings is 1. The van der Waals surface area contributed by atoms with Crippen LogP contribution in [0, 0.1) is 12.8 Å². The van der Waals surface area contributed by atoms with Gasteiger partial charge in [-0.3, -0.25) is 4.79 Å². The molecule has 1 N–H and O–H groups in total. The summed E-state index contributed by atoms with van der Waals surface area (Å²) < 4.78 is 0. The van der Waals surface area contributed by atoms with Crippen LogP contribution in [0.3, 0.4) is 0 Å². The van der Waals surface area contributed by atoms with Gasteiger partial charge >= 0.3 is 6.03 Å². The van der Waals surface area contributed by atoms with Gasteiger partial charge in [-0.2, -0.15) is 0 Å². The van der Waals surface area contributed by atoms with Crippen molar-refractivity contribution < 1.29 is 9.59 Å². The normalized spacial score (nSPS) is 14.5. The van der Waals surface area contributed by atoms with Gasteiger partial charge in [0.2, 0.25) is 0 Å². The number of hydrogen-bond acceptors (Lipinski definition) is 5. The number of hydrogen-bond donors (Lipinski definition) is 1. The molecule has 0 spiro atoms. The average molecular weight is 420 g/mol. The zero-order chi connectivity index (χ0) is 18.1. The van der Waals surface area contributed by atoms with Crippen LogP contribution in [0.15, 0.2) is 5.38 Å². The lowest BCUT2D eigenvalue weighted by atomic mass is 9.87. The number of carbonyl (C=O) groups excluding carboxylic acids is 2. The van der Waals surface area contributed by atoms with Gasteiger partial charge in [0.05, 0.1) is 17.2 Å². The van der Waals surface area contributed by atoms with Crippen molar-refractivity contribution in [2.45, 2.75) is 58.9 Å². The summed E-state index contributed by atoms with van der Waals surface area (Å²) in [6.07, 6.45) is 7.63. The summed E-state index contributed by atoms with van der Waals surface area (Å²) in [6.45, 7) is 5.38. The summed E-state index contributed by atoms with van der Waals surface area (Å²) in [4.78, 5) is 30.0. The highest BCUT2D eigenvalue weighted by Gasteiger charge is 2.18. The van der Waals surface area contributed by atoms with Crippen molar-refractivity contribution in [1.29, 1.82) is 0 Å². The van der Waals surface area contributed by atoms with Crippen LogP contribution in [-0.4, -0.2) is 39.9 Å². The van der Waals surface area contributed by atoms with Gasteiger partial charge in [-0.25, -0.2) is 9.78 Å². The maximum absolute atomic E-state index is 12.6. The predicted molar refractivity (Wildman–Crippen MR) is 112 cm³/mol. The standard InChI is InChI=1S/C18H29N3O2S2.ClH/c1-14-20-17(13-25-14)12-19-18(23)21(10-11-24-15(2)22)9-8-16-6-4-3-5-7-16;/h13,16H,3-12H2,1-2H3,(H,19,23);1H. The van der Waals surface area contributed by atoms with E-state index in [1.165, 1.54) is 43.9 Å². The zero-order valence-corrected chi connectivity index (χ0v) is 18.1. The SMILES string of the molecule is CC(=O)SCCN(CCC1CCCCC1)C(=O)NCc1csc(C)n1.Cl. The van der Waals surface area contributed by atoms with Crippen LogP contribution < -0.4 is 5.32 Å². The highest BCUT2D eigenvalue weighted by atomic mass is 35.5. The predicted octanol–water partition coefficient (Wildman–Crippen LogP) is 4.64. The monoisotopic (exact) mass is 419 g/mol. The minimum atomic E-state index is -0.0504. The minimum Gasteiger partial charge on any atom is -0.332 e. The highest BCUT2D eigenvalue weighted by Crippen LogP contribution is 2.26. The topological polar surface area (TPSA) is 62.3 Å². The molecule has 1 heterocycles. The number of rotatable bonds is 8. The molecule has 0 saturated heterocycles. The molecule has 0 unspecified atom stereocenters. The third-order valence-corrected chi connectivity index (χ3v) is 6.19. The molecular weight excluding hydrogens is 390 g/mol. The van der Waals surface area contributed by atoms with E-state index in [-0.39, 0.29) is 23.6 Å². The van der Waals surface area contributed by atoms with Crippen molar-refractivity contribution in [3.05, 3.63) is 16.1 Å². The molecule has 1 aliphatic carbocycles. The van der Waals surface area contributed by atoms with E-state index < -0.39 is 0 Å². The molecule has 1 saturated carbocycles. The fourth-order valence-electron chi connectivity index (χ4n) is 3.20. The van der Waals surface area contributed by atoms with Gasteiger partial charge in [0.15, 0.2) is 5.12 Å². The third-order valence-electron chi connectivity index (χ3n) is 4.57. The first kappa shape index (κ1) is 23.2. The van der Waals surface area contributed by atoms with Crippen molar-refractivity contribution >= 4 is 46.7 Å². The second kappa shape index (κ2) is 12.6. The van der Waals surface area contributed by atoms with E-state index in [1.807, 2.05) is 17.2 Å². The number of aryl methyl sites for hydroxylation is 1. The van der Waals surface area contributed by atoms with Crippen LogP contribution in [0.4, 0.5) is 4.79 Å². The molecule has 0 bridgehead atoms. The Balaban J connectivity index is 0.00000338. The molecule has 148 valence electrons. The highest BCUT2D eigenvalue weighted by molar-refractivity contribution is 8.13. The number of aromatic nitrogens is 1. The number of amides is 2. The van der Waals surface area contributed by atoms with E-state index in [0.29, 0.717) is 18.8 Å². The molecule has 1 aromatic rings. The Kier molecular flexibility index (Phi) is 11.2. The second-order valence-electron chi connectivity index (χ2n) is 6.64. The number of thioether (sulfide) groups is 1. The summed E-state index contributed by atoms with van der Waals surface area (Å²) >= 11 is 2.88. The molecule has 1 aliphatic rings. The summed E-state index contributed by atoms with van der Waals surface area (Å²) in [5.41, 5.74) is 0.904. The average Bonchev–Trinajstić information content (AvgIpc) is 3.02. The van der Waals surface area contributed by atoms with E-state index in [9.17, 15) is 9.59 Å². The number of nitrogens with one attached hydrogen (secondary N) is 1. The molecule has 2 rings (SSSR count). The summed E-state index contributed by atoms with van der Waals surface area (Å²) in [5, 5.41) is 6.07. The molecule has 0 radical (unpaired) electrons. The Hall–Kier alpha value is -0.790. The number of urea groups is 1. The first-order chi connectivity index (χ1) is 12.0.